The number of thiazole rings is 1. The molecule has 1 aliphatic heterocycles. The van der Waals surface area contributed by atoms with Crippen LogP contribution in [0.1, 0.15) is 27.2 Å². The predicted octanol–water partition coefficient (Wildman–Crippen LogP) is 3.67. The van der Waals surface area contributed by atoms with Gasteiger partial charge in [0.2, 0.25) is 0 Å². The molecule has 1 aromatic heterocycles. The van der Waals surface area contributed by atoms with Gasteiger partial charge in [-0.05, 0) is 17.7 Å². The summed E-state index contributed by atoms with van der Waals surface area (Å²) in [6.45, 7) is 2.12. The monoisotopic (exact) mass is 386 g/mol. The number of nitrogens with zero attached hydrogens (tertiary/aromatic N) is 1. The molecule has 0 bridgehead atoms. The lowest BCUT2D eigenvalue weighted by Gasteiger charge is -2.24. The van der Waals surface area contributed by atoms with Gasteiger partial charge in [0.15, 0.2) is 5.69 Å². The molecule has 5 nitrogen and oxygen atoms in total. The van der Waals surface area contributed by atoms with E-state index in [1.54, 1.807) is 11.4 Å². The van der Waals surface area contributed by atoms with E-state index in [-0.39, 0.29) is 17.7 Å². The molecule has 0 saturated carbocycles. The Labute approximate surface area is 153 Å². The first-order valence-electron chi connectivity index (χ1n) is 7.49. The SMILES string of the molecule is O=C(O)c1csc(C[C@@H]2CNCCO[C@H]2c2ccc(Cl)c(Cl)c2)n1. The number of carboxylic acids is 1. The summed E-state index contributed by atoms with van der Waals surface area (Å²) in [5, 5.41) is 15.7. The van der Waals surface area contributed by atoms with Gasteiger partial charge in [-0.1, -0.05) is 29.3 Å². The van der Waals surface area contributed by atoms with E-state index in [1.165, 1.54) is 11.3 Å². The molecular formula is C16H16Cl2N2O3S. The highest BCUT2D eigenvalue weighted by Crippen LogP contribution is 2.34. The first kappa shape index (κ1) is 17.6. The minimum absolute atomic E-state index is 0.0867. The van der Waals surface area contributed by atoms with Crippen molar-refractivity contribution in [3.05, 3.63) is 49.9 Å². The van der Waals surface area contributed by atoms with Crippen molar-refractivity contribution in [1.29, 1.82) is 0 Å². The number of nitrogens with one attached hydrogen (secondary N) is 1. The fourth-order valence-corrected chi connectivity index (χ4v) is 3.92. The Hall–Kier alpha value is -1.18. The summed E-state index contributed by atoms with van der Waals surface area (Å²) in [7, 11) is 0. The number of benzene rings is 1. The minimum Gasteiger partial charge on any atom is -0.476 e. The molecule has 3 rings (SSSR count). The second-order valence-corrected chi connectivity index (χ2v) is 7.32. The maximum Gasteiger partial charge on any atom is 0.355 e. The van der Waals surface area contributed by atoms with E-state index in [1.807, 2.05) is 12.1 Å². The molecule has 1 aromatic carbocycles. The van der Waals surface area contributed by atoms with Crippen molar-refractivity contribution in [2.24, 2.45) is 5.92 Å². The third-order valence-corrected chi connectivity index (χ3v) is 5.50. The number of hydrogen-bond acceptors (Lipinski definition) is 5. The Bertz CT molecular complexity index is 738. The smallest absolute Gasteiger partial charge is 0.355 e. The summed E-state index contributed by atoms with van der Waals surface area (Å²) in [6, 6.07) is 5.52. The van der Waals surface area contributed by atoms with Crippen LogP contribution in [0, 0.1) is 5.92 Å². The van der Waals surface area contributed by atoms with Crippen LogP contribution >= 0.6 is 34.5 Å². The molecule has 0 unspecified atom stereocenters. The largest absolute Gasteiger partial charge is 0.476 e. The highest BCUT2D eigenvalue weighted by Gasteiger charge is 2.28. The number of hydrogen-bond donors (Lipinski definition) is 2. The van der Waals surface area contributed by atoms with Crippen molar-refractivity contribution in [3.8, 4) is 0 Å². The number of halogens is 2. The highest BCUT2D eigenvalue weighted by atomic mass is 35.5. The van der Waals surface area contributed by atoms with Crippen LogP contribution in [0.2, 0.25) is 10.0 Å². The quantitative estimate of drug-likeness (QED) is 0.838. The van der Waals surface area contributed by atoms with Crippen molar-refractivity contribution < 1.29 is 14.6 Å². The van der Waals surface area contributed by atoms with Crippen LogP contribution < -0.4 is 5.32 Å². The van der Waals surface area contributed by atoms with Gasteiger partial charge in [0.05, 0.1) is 27.8 Å². The zero-order valence-corrected chi connectivity index (χ0v) is 15.0. The third-order valence-electron chi connectivity index (χ3n) is 3.89. The van der Waals surface area contributed by atoms with E-state index in [0.717, 1.165) is 23.7 Å². The van der Waals surface area contributed by atoms with Crippen LogP contribution in [0.4, 0.5) is 0 Å². The topological polar surface area (TPSA) is 71.5 Å². The van der Waals surface area contributed by atoms with Gasteiger partial charge in [-0.15, -0.1) is 11.3 Å². The molecule has 0 radical (unpaired) electrons. The molecule has 2 heterocycles. The Morgan fingerprint density at radius 3 is 2.96 bits per heavy atom. The first-order valence-corrected chi connectivity index (χ1v) is 9.13. The summed E-state index contributed by atoms with van der Waals surface area (Å²) in [5.74, 6) is -0.883. The van der Waals surface area contributed by atoms with E-state index in [2.05, 4.69) is 10.3 Å². The van der Waals surface area contributed by atoms with Crippen LogP contribution in [-0.4, -0.2) is 35.8 Å². The summed E-state index contributed by atoms with van der Waals surface area (Å²) < 4.78 is 6.02. The number of carboxylic acid groups (broad SMARTS) is 1. The molecule has 0 amide bonds. The molecule has 0 spiro atoms. The van der Waals surface area contributed by atoms with Gasteiger partial charge in [0.1, 0.15) is 0 Å². The van der Waals surface area contributed by atoms with Crippen LogP contribution in [0.3, 0.4) is 0 Å². The number of ether oxygens (including phenoxy) is 1. The van der Waals surface area contributed by atoms with Gasteiger partial charge < -0.3 is 15.2 Å². The highest BCUT2D eigenvalue weighted by molar-refractivity contribution is 7.09. The summed E-state index contributed by atoms with van der Waals surface area (Å²) in [4.78, 5) is 15.2. The molecular weight excluding hydrogens is 371 g/mol. The van der Waals surface area contributed by atoms with Gasteiger partial charge in [0.25, 0.3) is 0 Å². The third kappa shape index (κ3) is 4.07. The Balaban J connectivity index is 1.83. The summed E-state index contributed by atoms with van der Waals surface area (Å²) >= 11 is 13.5. The van der Waals surface area contributed by atoms with Gasteiger partial charge in [0, 0.05) is 30.8 Å². The fraction of sp³-hybridized carbons (Fsp3) is 0.375. The molecule has 0 aliphatic carbocycles. The van der Waals surface area contributed by atoms with Gasteiger partial charge in [-0.2, -0.15) is 0 Å². The van der Waals surface area contributed by atoms with Crippen molar-refractivity contribution in [1.82, 2.24) is 10.3 Å². The zero-order valence-electron chi connectivity index (χ0n) is 12.7. The van der Waals surface area contributed by atoms with Crippen molar-refractivity contribution >= 4 is 40.5 Å². The van der Waals surface area contributed by atoms with Gasteiger partial charge >= 0.3 is 5.97 Å². The second kappa shape index (κ2) is 7.80. The molecule has 2 aromatic rings. The lowest BCUT2D eigenvalue weighted by atomic mass is 9.93. The molecule has 24 heavy (non-hydrogen) atoms. The average molecular weight is 387 g/mol. The molecule has 1 aliphatic rings. The maximum absolute atomic E-state index is 11.0. The lowest BCUT2D eigenvalue weighted by Crippen LogP contribution is -2.26. The van der Waals surface area contributed by atoms with E-state index in [4.69, 9.17) is 33.0 Å². The van der Waals surface area contributed by atoms with Crippen LogP contribution in [0.25, 0.3) is 0 Å². The van der Waals surface area contributed by atoms with Gasteiger partial charge in [-0.3, -0.25) is 0 Å². The second-order valence-electron chi connectivity index (χ2n) is 5.56. The standard InChI is InChI=1S/C16H16Cl2N2O3S/c17-11-2-1-9(5-12(11)18)15-10(7-19-3-4-23-15)6-14-20-13(8-24-14)16(21)22/h1-2,5,8,10,15,19H,3-4,6-7H2,(H,21,22)/t10-,15+/m1/s1. The van der Waals surface area contributed by atoms with Crippen molar-refractivity contribution in [2.45, 2.75) is 12.5 Å². The molecule has 1 fully saturated rings. The van der Waals surface area contributed by atoms with E-state index >= 15 is 0 Å². The fourth-order valence-electron chi connectivity index (χ4n) is 2.75. The van der Waals surface area contributed by atoms with E-state index in [0.29, 0.717) is 23.1 Å². The molecule has 1 saturated heterocycles. The number of aromatic nitrogens is 1. The van der Waals surface area contributed by atoms with Crippen LogP contribution in [-0.2, 0) is 11.2 Å². The zero-order chi connectivity index (χ0) is 17.1. The van der Waals surface area contributed by atoms with E-state index < -0.39 is 5.97 Å². The Morgan fingerprint density at radius 1 is 1.42 bits per heavy atom. The van der Waals surface area contributed by atoms with Gasteiger partial charge in [-0.25, -0.2) is 9.78 Å². The van der Waals surface area contributed by atoms with Crippen LogP contribution in [0.5, 0.6) is 0 Å². The first-order chi connectivity index (χ1) is 11.5. The predicted molar refractivity (Wildman–Crippen MR) is 94.3 cm³/mol. The number of aromatic carboxylic acids is 1. The molecule has 2 atom stereocenters. The van der Waals surface area contributed by atoms with Crippen molar-refractivity contribution in [3.63, 3.8) is 0 Å². The van der Waals surface area contributed by atoms with Crippen molar-refractivity contribution in [2.75, 3.05) is 19.7 Å². The summed E-state index contributed by atoms with van der Waals surface area (Å²) in [5.41, 5.74) is 1.05. The normalized spacial score (nSPS) is 21.4. The van der Waals surface area contributed by atoms with Crippen LogP contribution in [0.15, 0.2) is 23.6 Å². The molecule has 2 N–H and O–H groups in total. The van der Waals surface area contributed by atoms with E-state index in [9.17, 15) is 4.79 Å². The maximum atomic E-state index is 11.0. The Morgan fingerprint density at radius 2 is 2.25 bits per heavy atom. The Kier molecular flexibility index (Phi) is 5.73. The molecule has 128 valence electrons. The lowest BCUT2D eigenvalue weighted by molar-refractivity contribution is 0.0307. The minimum atomic E-state index is -1.01. The average Bonchev–Trinajstić information content (AvgIpc) is 2.90. The summed E-state index contributed by atoms with van der Waals surface area (Å²) in [6.07, 6.45) is 0.488. The number of rotatable bonds is 4. The molecule has 8 heteroatoms. The number of carbonyl (C=O) groups is 1.